The third-order valence-corrected chi connectivity index (χ3v) is 5.09. The number of aliphatic imine (C=N–C) groups is 1. The highest BCUT2D eigenvalue weighted by Crippen LogP contribution is 2.29. The van der Waals surface area contributed by atoms with Crippen LogP contribution in [0.1, 0.15) is 25.0 Å². The van der Waals surface area contributed by atoms with Crippen LogP contribution in [0, 0.1) is 5.82 Å². The smallest absolute Gasteiger partial charge is 0.193 e. The Balaban J connectivity index is 0.00000288. The van der Waals surface area contributed by atoms with Gasteiger partial charge in [-0.1, -0.05) is 6.07 Å². The zero-order valence-electron chi connectivity index (χ0n) is 14.8. The number of benzene rings is 1. The first kappa shape index (κ1) is 21.5. The second-order valence-corrected chi connectivity index (χ2v) is 8.09. The number of rotatable bonds is 4. The SMILES string of the molecule is CN=C(NCc1ccc(F)c(COC)c1)N1CCSC(C)(C)C1.I. The molecule has 0 aromatic heterocycles. The number of thioether (sulfide) groups is 1. The van der Waals surface area contributed by atoms with E-state index in [-0.39, 0.29) is 41.1 Å². The zero-order valence-corrected chi connectivity index (χ0v) is 17.9. The van der Waals surface area contributed by atoms with Crippen molar-refractivity contribution < 1.29 is 9.13 Å². The Hall–Kier alpha value is -0.540. The molecule has 0 unspecified atom stereocenters. The molecule has 1 aliphatic heterocycles. The van der Waals surface area contributed by atoms with Crippen LogP contribution in [-0.4, -0.2) is 48.6 Å². The number of halogens is 2. The molecule has 0 bridgehead atoms. The molecule has 1 aromatic carbocycles. The summed E-state index contributed by atoms with van der Waals surface area (Å²) in [5, 5.41) is 3.39. The summed E-state index contributed by atoms with van der Waals surface area (Å²) in [6.45, 7) is 7.38. The molecule has 24 heavy (non-hydrogen) atoms. The van der Waals surface area contributed by atoms with Crippen LogP contribution in [0.3, 0.4) is 0 Å². The van der Waals surface area contributed by atoms with Gasteiger partial charge in [0.15, 0.2) is 5.96 Å². The van der Waals surface area contributed by atoms with Crippen molar-refractivity contribution in [1.82, 2.24) is 10.2 Å². The first-order valence-corrected chi connectivity index (χ1v) is 8.79. The minimum absolute atomic E-state index is 0. The molecular formula is C17H27FIN3OS. The van der Waals surface area contributed by atoms with Crippen LogP contribution in [0.15, 0.2) is 23.2 Å². The molecule has 7 heteroatoms. The van der Waals surface area contributed by atoms with Gasteiger partial charge >= 0.3 is 0 Å². The Morgan fingerprint density at radius 1 is 1.46 bits per heavy atom. The maximum atomic E-state index is 13.7. The second-order valence-electron chi connectivity index (χ2n) is 6.29. The first-order valence-electron chi connectivity index (χ1n) is 7.81. The van der Waals surface area contributed by atoms with E-state index >= 15 is 0 Å². The Bertz CT molecular complexity index is 569. The van der Waals surface area contributed by atoms with Gasteiger partial charge in [0.25, 0.3) is 0 Å². The molecule has 1 N–H and O–H groups in total. The van der Waals surface area contributed by atoms with Gasteiger partial charge in [-0.2, -0.15) is 11.8 Å². The lowest BCUT2D eigenvalue weighted by molar-refractivity contribution is 0.181. The Morgan fingerprint density at radius 3 is 2.83 bits per heavy atom. The highest BCUT2D eigenvalue weighted by molar-refractivity contribution is 14.0. The van der Waals surface area contributed by atoms with Crippen LogP contribution < -0.4 is 5.32 Å². The highest BCUT2D eigenvalue weighted by Gasteiger charge is 2.28. The number of hydrogen-bond donors (Lipinski definition) is 1. The number of ether oxygens (including phenoxy) is 1. The summed E-state index contributed by atoms with van der Waals surface area (Å²) in [7, 11) is 3.38. The zero-order chi connectivity index (χ0) is 16.9. The van der Waals surface area contributed by atoms with Crippen molar-refractivity contribution in [1.29, 1.82) is 0 Å². The van der Waals surface area contributed by atoms with Crippen molar-refractivity contribution in [3.05, 3.63) is 35.1 Å². The lowest BCUT2D eigenvalue weighted by Crippen LogP contribution is -2.50. The van der Waals surface area contributed by atoms with Crippen LogP contribution >= 0.6 is 35.7 Å². The second kappa shape index (κ2) is 9.82. The summed E-state index contributed by atoms with van der Waals surface area (Å²) in [6, 6.07) is 5.13. The van der Waals surface area contributed by atoms with Gasteiger partial charge in [0.05, 0.1) is 6.61 Å². The van der Waals surface area contributed by atoms with Crippen molar-refractivity contribution in [2.75, 3.05) is 33.0 Å². The number of nitrogens with zero attached hydrogens (tertiary/aromatic N) is 2. The normalized spacial score (nSPS) is 17.4. The minimum Gasteiger partial charge on any atom is -0.380 e. The predicted molar refractivity (Wildman–Crippen MR) is 111 cm³/mol. The van der Waals surface area contributed by atoms with Crippen molar-refractivity contribution in [2.45, 2.75) is 31.7 Å². The quantitative estimate of drug-likeness (QED) is 0.418. The highest BCUT2D eigenvalue weighted by atomic mass is 127. The molecule has 0 radical (unpaired) electrons. The van der Waals surface area contributed by atoms with Crippen molar-refractivity contribution in [3.63, 3.8) is 0 Å². The molecule has 0 amide bonds. The fourth-order valence-electron chi connectivity index (χ4n) is 2.71. The molecule has 136 valence electrons. The monoisotopic (exact) mass is 467 g/mol. The summed E-state index contributed by atoms with van der Waals surface area (Å²) in [6.07, 6.45) is 0. The lowest BCUT2D eigenvalue weighted by Gasteiger charge is -2.39. The molecule has 0 saturated carbocycles. The van der Waals surface area contributed by atoms with E-state index in [1.54, 1.807) is 20.2 Å². The minimum atomic E-state index is -0.227. The van der Waals surface area contributed by atoms with Crippen LogP contribution in [-0.2, 0) is 17.9 Å². The van der Waals surface area contributed by atoms with Crippen LogP contribution in [0.25, 0.3) is 0 Å². The summed E-state index contributed by atoms with van der Waals surface area (Å²) < 4.78 is 18.9. The van der Waals surface area contributed by atoms with Crippen LogP contribution in [0.2, 0.25) is 0 Å². The van der Waals surface area contributed by atoms with Crippen LogP contribution in [0.4, 0.5) is 4.39 Å². The predicted octanol–water partition coefficient (Wildman–Crippen LogP) is 3.49. The van der Waals surface area contributed by atoms with Gasteiger partial charge in [0.2, 0.25) is 0 Å². The van der Waals surface area contributed by atoms with Gasteiger partial charge in [-0.3, -0.25) is 4.99 Å². The van der Waals surface area contributed by atoms with Gasteiger partial charge in [0.1, 0.15) is 5.82 Å². The van der Waals surface area contributed by atoms with Crippen LogP contribution in [0.5, 0.6) is 0 Å². The fraction of sp³-hybridized carbons (Fsp3) is 0.588. The van der Waals surface area contributed by atoms with E-state index in [9.17, 15) is 4.39 Å². The molecule has 2 rings (SSSR count). The van der Waals surface area contributed by atoms with Gasteiger partial charge < -0.3 is 15.0 Å². The third kappa shape index (κ3) is 6.07. The summed E-state index contributed by atoms with van der Waals surface area (Å²) in [4.78, 5) is 6.68. The molecule has 1 heterocycles. The third-order valence-electron chi connectivity index (χ3n) is 3.80. The molecule has 0 aliphatic carbocycles. The average Bonchev–Trinajstić information content (AvgIpc) is 2.50. The number of guanidine groups is 1. The van der Waals surface area contributed by atoms with Gasteiger partial charge in [0, 0.05) is 49.9 Å². The molecule has 1 saturated heterocycles. The van der Waals surface area contributed by atoms with E-state index in [1.165, 1.54) is 6.07 Å². The molecule has 1 aliphatic rings. The van der Waals surface area contributed by atoms with Gasteiger partial charge in [-0.25, -0.2) is 4.39 Å². The summed E-state index contributed by atoms with van der Waals surface area (Å²) >= 11 is 2.00. The fourth-order valence-corrected chi connectivity index (χ4v) is 3.83. The molecule has 4 nitrogen and oxygen atoms in total. The first-order chi connectivity index (χ1) is 10.9. The molecule has 0 atom stereocenters. The van der Waals surface area contributed by atoms with Gasteiger partial charge in [-0.05, 0) is 31.5 Å². The van der Waals surface area contributed by atoms with E-state index in [2.05, 4.69) is 29.1 Å². The number of methoxy groups -OCH3 is 1. The Kier molecular flexibility index (Phi) is 8.80. The lowest BCUT2D eigenvalue weighted by atomic mass is 10.1. The van der Waals surface area contributed by atoms with Gasteiger partial charge in [-0.15, -0.1) is 24.0 Å². The van der Waals surface area contributed by atoms with E-state index in [1.807, 2.05) is 17.8 Å². The topological polar surface area (TPSA) is 36.9 Å². The Labute approximate surface area is 165 Å². The van der Waals surface area contributed by atoms with Crippen molar-refractivity contribution in [3.8, 4) is 0 Å². The van der Waals surface area contributed by atoms with E-state index in [0.29, 0.717) is 12.1 Å². The molecule has 0 spiro atoms. The maximum Gasteiger partial charge on any atom is 0.193 e. The van der Waals surface area contributed by atoms with Crippen molar-refractivity contribution >= 4 is 41.7 Å². The Morgan fingerprint density at radius 2 is 2.21 bits per heavy atom. The maximum absolute atomic E-state index is 13.7. The summed E-state index contributed by atoms with van der Waals surface area (Å²) in [5.74, 6) is 1.77. The van der Waals surface area contributed by atoms with E-state index in [0.717, 1.165) is 30.4 Å². The largest absolute Gasteiger partial charge is 0.380 e. The van der Waals surface area contributed by atoms with E-state index < -0.39 is 0 Å². The van der Waals surface area contributed by atoms with E-state index in [4.69, 9.17) is 4.74 Å². The average molecular weight is 467 g/mol. The van der Waals surface area contributed by atoms with Crippen molar-refractivity contribution in [2.24, 2.45) is 4.99 Å². The number of hydrogen-bond acceptors (Lipinski definition) is 3. The standard InChI is InChI=1S/C17H26FN3OS.HI/c1-17(2)12-21(7-8-23-17)16(19-3)20-10-13-5-6-15(18)14(9-13)11-22-4;/h5-6,9H,7-8,10-12H2,1-4H3,(H,19,20);1H. The molecule has 1 fully saturated rings. The molecule has 1 aromatic rings. The summed E-state index contributed by atoms with van der Waals surface area (Å²) in [5.41, 5.74) is 1.60. The number of nitrogens with one attached hydrogen (secondary N) is 1. The molecular weight excluding hydrogens is 440 g/mol.